The monoisotopic (exact) mass is 505 g/mol. The standard InChI is InChI=1S/C19H29ClN5O7P/c1-6-28-33(26,29-7-2)30-8-11-13-19(5,9-27-18(3,4)32-13)16(31-11)25-10-22-12-14(21)23-17(20)24-15(12)25/h10-11,13,16H,6-9H2,1-5H3,(H2,21,23,24)/t11-,13-,16-,19-/m1/s1. The zero-order valence-electron chi connectivity index (χ0n) is 19.2. The molecule has 0 spiro atoms. The van der Waals surface area contributed by atoms with E-state index < -0.39 is 37.5 Å². The van der Waals surface area contributed by atoms with Crippen LogP contribution in [0.4, 0.5) is 5.82 Å². The molecule has 0 saturated carbocycles. The fourth-order valence-corrected chi connectivity index (χ4v) is 5.53. The van der Waals surface area contributed by atoms with Crippen LogP contribution in [0, 0.1) is 5.41 Å². The normalized spacial score (nSPS) is 29.5. The molecule has 14 heteroatoms. The summed E-state index contributed by atoms with van der Waals surface area (Å²) in [6, 6.07) is 0. The van der Waals surface area contributed by atoms with E-state index in [1.807, 2.05) is 20.8 Å². The molecule has 0 aromatic carbocycles. The molecule has 2 N–H and O–H groups in total. The van der Waals surface area contributed by atoms with E-state index in [-0.39, 0.29) is 30.9 Å². The number of fused-ring (bicyclic) bond motifs is 2. The lowest BCUT2D eigenvalue weighted by Crippen LogP contribution is -2.54. The van der Waals surface area contributed by atoms with Gasteiger partial charge in [0.05, 0.1) is 38.2 Å². The van der Waals surface area contributed by atoms with Crippen molar-refractivity contribution in [1.82, 2.24) is 19.5 Å². The number of phosphoric acid groups is 1. The summed E-state index contributed by atoms with van der Waals surface area (Å²) in [5.41, 5.74) is 6.11. The second-order valence-corrected chi connectivity index (χ2v) is 10.5. The highest BCUT2D eigenvalue weighted by Crippen LogP contribution is 2.54. The van der Waals surface area contributed by atoms with Crippen molar-refractivity contribution in [1.29, 1.82) is 0 Å². The highest BCUT2D eigenvalue weighted by atomic mass is 35.5. The summed E-state index contributed by atoms with van der Waals surface area (Å²) >= 11 is 6.04. The van der Waals surface area contributed by atoms with Crippen molar-refractivity contribution in [2.24, 2.45) is 5.41 Å². The second kappa shape index (κ2) is 9.01. The number of rotatable bonds is 8. The van der Waals surface area contributed by atoms with Gasteiger partial charge in [0.25, 0.3) is 0 Å². The summed E-state index contributed by atoms with van der Waals surface area (Å²) in [6.45, 7) is 9.61. The number of aromatic nitrogens is 4. The zero-order valence-corrected chi connectivity index (χ0v) is 20.8. The minimum Gasteiger partial charge on any atom is -0.382 e. The van der Waals surface area contributed by atoms with Gasteiger partial charge < -0.3 is 19.9 Å². The first-order valence-corrected chi connectivity index (χ1v) is 12.5. The number of imidazole rings is 1. The SMILES string of the molecule is CCOP(=O)(OCC)OC[C@H]1O[C@@H](n2cnc3c(N)nc(Cl)nc32)[C@]2(C)COC(C)(C)O[C@H]12. The van der Waals surface area contributed by atoms with Crippen LogP contribution in [0.2, 0.25) is 5.28 Å². The Balaban J connectivity index is 1.68. The highest BCUT2D eigenvalue weighted by molar-refractivity contribution is 7.48. The Morgan fingerprint density at radius 1 is 1.24 bits per heavy atom. The summed E-state index contributed by atoms with van der Waals surface area (Å²) in [7, 11) is -3.75. The third-order valence-corrected chi connectivity index (χ3v) is 7.43. The molecule has 33 heavy (non-hydrogen) atoms. The van der Waals surface area contributed by atoms with Gasteiger partial charge in [0.1, 0.15) is 24.0 Å². The number of hydrogen-bond donors (Lipinski definition) is 1. The number of halogens is 1. The summed E-state index contributed by atoms with van der Waals surface area (Å²) in [6.07, 6.45) is -0.159. The van der Waals surface area contributed by atoms with Crippen molar-refractivity contribution in [3.8, 4) is 0 Å². The summed E-state index contributed by atoms with van der Waals surface area (Å²) in [5, 5.41) is -0.00650. The van der Waals surface area contributed by atoms with Crippen molar-refractivity contribution in [2.75, 3.05) is 32.2 Å². The predicted molar refractivity (Wildman–Crippen MR) is 118 cm³/mol. The summed E-state index contributed by atoms with van der Waals surface area (Å²) in [5.74, 6) is -0.688. The zero-order chi connectivity index (χ0) is 24.0. The van der Waals surface area contributed by atoms with Gasteiger partial charge >= 0.3 is 7.82 Å². The van der Waals surface area contributed by atoms with Gasteiger partial charge in [-0.3, -0.25) is 18.1 Å². The number of anilines is 1. The van der Waals surface area contributed by atoms with Crippen molar-refractivity contribution in [3.63, 3.8) is 0 Å². The summed E-state index contributed by atoms with van der Waals surface area (Å²) < 4.78 is 49.3. The molecule has 0 radical (unpaired) electrons. The first-order valence-electron chi connectivity index (χ1n) is 10.7. The van der Waals surface area contributed by atoms with E-state index in [1.54, 1.807) is 24.7 Å². The molecular formula is C19H29ClN5O7P. The fraction of sp³-hybridized carbons (Fsp3) is 0.737. The molecule has 0 amide bonds. The molecule has 2 fully saturated rings. The molecular weight excluding hydrogens is 477 g/mol. The molecule has 2 saturated heterocycles. The quantitative estimate of drug-likeness (QED) is 0.417. The van der Waals surface area contributed by atoms with Crippen LogP contribution in [0.3, 0.4) is 0 Å². The Hall–Kier alpha value is -1.37. The molecule has 2 aromatic rings. The van der Waals surface area contributed by atoms with Crippen LogP contribution < -0.4 is 5.73 Å². The van der Waals surface area contributed by atoms with Gasteiger partial charge in [-0.05, 0) is 39.3 Å². The molecule has 12 nitrogen and oxygen atoms in total. The van der Waals surface area contributed by atoms with E-state index in [0.29, 0.717) is 17.8 Å². The lowest BCUT2D eigenvalue weighted by atomic mass is 9.81. The molecule has 184 valence electrons. The minimum absolute atomic E-state index is 0.00650. The Labute approximate surface area is 196 Å². The van der Waals surface area contributed by atoms with E-state index in [2.05, 4.69) is 15.0 Å². The predicted octanol–water partition coefficient (Wildman–Crippen LogP) is 3.31. The smallest absolute Gasteiger partial charge is 0.382 e. The van der Waals surface area contributed by atoms with E-state index in [9.17, 15) is 4.57 Å². The molecule has 0 unspecified atom stereocenters. The molecule has 0 aliphatic carbocycles. The van der Waals surface area contributed by atoms with E-state index in [1.165, 1.54) is 0 Å². The van der Waals surface area contributed by atoms with Gasteiger partial charge in [0.2, 0.25) is 5.28 Å². The first kappa shape index (κ1) is 24.7. The largest absolute Gasteiger partial charge is 0.474 e. The lowest BCUT2D eigenvalue weighted by molar-refractivity contribution is -0.314. The minimum atomic E-state index is -3.75. The molecule has 2 aromatic heterocycles. The molecule has 4 heterocycles. The van der Waals surface area contributed by atoms with Crippen molar-refractivity contribution >= 4 is 36.4 Å². The second-order valence-electron chi connectivity index (χ2n) is 8.54. The number of ether oxygens (including phenoxy) is 3. The Kier molecular flexibility index (Phi) is 6.76. The van der Waals surface area contributed by atoms with E-state index in [4.69, 9.17) is 45.1 Å². The molecule has 4 rings (SSSR count). The number of nitrogens with two attached hydrogens (primary N) is 1. The average molecular weight is 506 g/mol. The number of phosphoric ester groups is 1. The van der Waals surface area contributed by atoms with Crippen LogP contribution in [0.15, 0.2) is 6.33 Å². The van der Waals surface area contributed by atoms with Gasteiger partial charge in [-0.2, -0.15) is 9.97 Å². The maximum Gasteiger partial charge on any atom is 0.474 e. The Bertz CT molecular complexity index is 1060. The Morgan fingerprint density at radius 2 is 1.94 bits per heavy atom. The van der Waals surface area contributed by atoms with Gasteiger partial charge in [-0.15, -0.1) is 0 Å². The number of nitrogen functional groups attached to an aromatic ring is 1. The van der Waals surface area contributed by atoms with Gasteiger partial charge in [0, 0.05) is 0 Å². The van der Waals surface area contributed by atoms with Crippen LogP contribution in [0.25, 0.3) is 11.2 Å². The van der Waals surface area contributed by atoms with Crippen LogP contribution in [0.1, 0.15) is 40.8 Å². The molecule has 2 aliphatic rings. The summed E-state index contributed by atoms with van der Waals surface area (Å²) in [4.78, 5) is 12.6. The van der Waals surface area contributed by atoms with E-state index in [0.717, 1.165) is 0 Å². The van der Waals surface area contributed by atoms with Crippen LogP contribution in [-0.4, -0.2) is 63.9 Å². The molecule has 4 atom stereocenters. The topological polar surface area (TPSA) is 142 Å². The third kappa shape index (κ3) is 4.63. The van der Waals surface area contributed by atoms with Gasteiger partial charge in [-0.25, -0.2) is 9.55 Å². The first-order chi connectivity index (χ1) is 15.5. The third-order valence-electron chi connectivity index (χ3n) is 5.64. The van der Waals surface area contributed by atoms with Crippen LogP contribution in [0.5, 0.6) is 0 Å². The van der Waals surface area contributed by atoms with E-state index >= 15 is 0 Å². The van der Waals surface area contributed by atoms with Crippen LogP contribution >= 0.6 is 19.4 Å². The maximum atomic E-state index is 12.8. The maximum absolute atomic E-state index is 12.8. The number of hydrogen-bond acceptors (Lipinski definition) is 11. The lowest BCUT2D eigenvalue weighted by Gasteiger charge is -2.45. The number of nitrogens with zero attached hydrogens (tertiary/aromatic N) is 4. The van der Waals surface area contributed by atoms with Gasteiger partial charge in [-0.1, -0.05) is 6.92 Å². The average Bonchev–Trinajstić information content (AvgIpc) is 3.25. The van der Waals surface area contributed by atoms with Crippen molar-refractivity contribution in [2.45, 2.75) is 58.8 Å². The van der Waals surface area contributed by atoms with Crippen molar-refractivity contribution in [3.05, 3.63) is 11.6 Å². The molecule has 0 bridgehead atoms. The van der Waals surface area contributed by atoms with Crippen LogP contribution in [-0.2, 0) is 32.3 Å². The molecule has 2 aliphatic heterocycles. The fourth-order valence-electron chi connectivity index (χ4n) is 4.18. The van der Waals surface area contributed by atoms with Crippen molar-refractivity contribution < 1.29 is 32.3 Å². The highest BCUT2D eigenvalue weighted by Gasteiger charge is 2.60. The Morgan fingerprint density at radius 3 is 2.61 bits per heavy atom. The van der Waals surface area contributed by atoms with Gasteiger partial charge in [0.15, 0.2) is 17.3 Å².